The monoisotopic (exact) mass is 391 g/mol. The van der Waals surface area contributed by atoms with Crippen molar-refractivity contribution in [3.63, 3.8) is 0 Å². The van der Waals surface area contributed by atoms with Gasteiger partial charge >= 0.3 is 0 Å². The van der Waals surface area contributed by atoms with Crippen LogP contribution in [0.2, 0.25) is 0 Å². The van der Waals surface area contributed by atoms with Crippen molar-refractivity contribution in [2.45, 2.75) is 96.8 Å². The molecular formula is C22H46ClNO2. The molecule has 0 aliphatic carbocycles. The molecule has 0 saturated heterocycles. The predicted octanol–water partition coefficient (Wildman–Crippen LogP) is 5.73. The lowest BCUT2D eigenvalue weighted by molar-refractivity contribution is 0.159. The highest BCUT2D eigenvalue weighted by Crippen LogP contribution is 2.10. The van der Waals surface area contributed by atoms with E-state index in [1.54, 1.807) is 0 Å². The minimum atomic E-state index is 0. The molecule has 0 spiro atoms. The first-order valence-electron chi connectivity index (χ1n) is 10.9. The van der Waals surface area contributed by atoms with E-state index in [1.165, 1.54) is 89.9 Å². The highest BCUT2D eigenvalue weighted by atomic mass is 35.5. The van der Waals surface area contributed by atoms with Crippen molar-refractivity contribution in [2.75, 3.05) is 32.8 Å². The first kappa shape index (κ1) is 28.1. The number of allylic oxidation sites excluding steroid dienone is 2. The molecule has 0 fully saturated rings. The summed E-state index contributed by atoms with van der Waals surface area (Å²) in [7, 11) is 0. The van der Waals surface area contributed by atoms with Crippen LogP contribution in [0.4, 0.5) is 0 Å². The molecule has 26 heavy (non-hydrogen) atoms. The summed E-state index contributed by atoms with van der Waals surface area (Å²) in [5, 5.41) is 17.9. The van der Waals surface area contributed by atoms with Crippen LogP contribution in [0.1, 0.15) is 96.8 Å². The zero-order chi connectivity index (χ0) is 18.4. The number of rotatable bonds is 20. The fourth-order valence-electron chi connectivity index (χ4n) is 3.20. The van der Waals surface area contributed by atoms with Crippen LogP contribution in [-0.4, -0.2) is 48.0 Å². The molecule has 0 bridgehead atoms. The van der Waals surface area contributed by atoms with E-state index in [9.17, 15) is 0 Å². The maximum Gasteiger partial charge on any atom is 0.0558 e. The molecule has 0 aromatic carbocycles. The van der Waals surface area contributed by atoms with Crippen LogP contribution >= 0.6 is 12.4 Å². The maximum atomic E-state index is 8.97. The smallest absolute Gasteiger partial charge is 0.0558 e. The van der Waals surface area contributed by atoms with Gasteiger partial charge in [-0.3, -0.25) is 4.90 Å². The van der Waals surface area contributed by atoms with Crippen molar-refractivity contribution in [1.29, 1.82) is 0 Å². The van der Waals surface area contributed by atoms with Gasteiger partial charge in [-0.1, -0.05) is 76.9 Å². The van der Waals surface area contributed by atoms with E-state index >= 15 is 0 Å². The minimum absolute atomic E-state index is 0. The summed E-state index contributed by atoms with van der Waals surface area (Å²) in [5.41, 5.74) is 0. The van der Waals surface area contributed by atoms with Crippen LogP contribution < -0.4 is 0 Å². The molecule has 0 aliphatic rings. The molecular weight excluding hydrogens is 346 g/mol. The Balaban J connectivity index is 0. The Labute approximate surface area is 169 Å². The lowest BCUT2D eigenvalue weighted by Crippen LogP contribution is -2.30. The third-order valence-corrected chi connectivity index (χ3v) is 4.82. The van der Waals surface area contributed by atoms with Crippen molar-refractivity contribution < 1.29 is 10.2 Å². The van der Waals surface area contributed by atoms with Gasteiger partial charge in [0.05, 0.1) is 13.2 Å². The molecule has 0 atom stereocenters. The van der Waals surface area contributed by atoms with Gasteiger partial charge < -0.3 is 10.2 Å². The Kier molecular flexibility index (Phi) is 26.9. The second kappa shape index (κ2) is 24.9. The van der Waals surface area contributed by atoms with E-state index < -0.39 is 0 Å². The Morgan fingerprint density at radius 3 is 1.46 bits per heavy atom. The fourth-order valence-corrected chi connectivity index (χ4v) is 3.20. The zero-order valence-electron chi connectivity index (χ0n) is 17.3. The van der Waals surface area contributed by atoms with Crippen LogP contribution in [0.25, 0.3) is 0 Å². The topological polar surface area (TPSA) is 43.7 Å². The molecule has 0 rings (SSSR count). The minimum Gasteiger partial charge on any atom is -0.395 e. The maximum absolute atomic E-state index is 8.97. The molecule has 158 valence electrons. The Morgan fingerprint density at radius 1 is 0.577 bits per heavy atom. The Morgan fingerprint density at radius 2 is 1.00 bits per heavy atom. The summed E-state index contributed by atoms with van der Waals surface area (Å²) in [6, 6.07) is 0. The summed E-state index contributed by atoms with van der Waals surface area (Å²) in [6.45, 7) is 5.02. The highest BCUT2D eigenvalue weighted by molar-refractivity contribution is 5.85. The number of halogens is 1. The number of aliphatic hydroxyl groups excluding tert-OH is 2. The molecule has 4 heteroatoms. The van der Waals surface area contributed by atoms with Gasteiger partial charge in [0.1, 0.15) is 0 Å². The van der Waals surface area contributed by atoms with Gasteiger partial charge in [0.2, 0.25) is 0 Å². The van der Waals surface area contributed by atoms with E-state index in [2.05, 4.69) is 24.0 Å². The van der Waals surface area contributed by atoms with E-state index in [0.717, 1.165) is 6.54 Å². The summed E-state index contributed by atoms with van der Waals surface area (Å²) in [4.78, 5) is 2.15. The normalized spacial score (nSPS) is 11.4. The fraction of sp³-hybridized carbons (Fsp3) is 0.909. The molecule has 0 aromatic heterocycles. The van der Waals surface area contributed by atoms with E-state index in [1.807, 2.05) is 0 Å². The third-order valence-electron chi connectivity index (χ3n) is 4.82. The van der Waals surface area contributed by atoms with Gasteiger partial charge in [0.25, 0.3) is 0 Å². The summed E-state index contributed by atoms with van der Waals surface area (Å²) >= 11 is 0. The lowest BCUT2D eigenvalue weighted by Gasteiger charge is -2.19. The first-order valence-corrected chi connectivity index (χ1v) is 10.9. The average molecular weight is 392 g/mol. The van der Waals surface area contributed by atoms with Gasteiger partial charge in [-0.25, -0.2) is 0 Å². The van der Waals surface area contributed by atoms with Crippen LogP contribution in [0.15, 0.2) is 12.2 Å². The van der Waals surface area contributed by atoms with Crippen molar-refractivity contribution in [1.82, 2.24) is 4.90 Å². The van der Waals surface area contributed by atoms with Crippen LogP contribution in [-0.2, 0) is 0 Å². The number of nitrogens with zero attached hydrogens (tertiary/aromatic N) is 1. The summed E-state index contributed by atoms with van der Waals surface area (Å²) in [5.74, 6) is 0. The third kappa shape index (κ3) is 22.0. The summed E-state index contributed by atoms with van der Waals surface area (Å²) in [6.07, 6.45) is 23.4. The van der Waals surface area contributed by atoms with Gasteiger partial charge in [-0.05, 0) is 38.6 Å². The number of aliphatic hydroxyl groups is 2. The Bertz CT molecular complexity index is 269. The molecule has 0 saturated carbocycles. The molecule has 0 amide bonds. The molecule has 3 nitrogen and oxygen atoms in total. The van der Waals surface area contributed by atoms with E-state index in [-0.39, 0.29) is 25.6 Å². The number of hydrogen-bond acceptors (Lipinski definition) is 3. The number of hydrogen-bond donors (Lipinski definition) is 2. The van der Waals surface area contributed by atoms with Crippen molar-refractivity contribution in [2.24, 2.45) is 0 Å². The SMILES string of the molecule is CCCCCCCCC=CCCCCCCCCN(CCO)CCO.Cl. The standard InChI is InChI=1S/C22H45NO2.ClH/c1-2-3-4-5-6-7-8-9-10-11-12-13-14-15-16-17-18-23(19-21-24)20-22-25;/h9-10,24-25H,2-8,11-22H2,1H3;1H. The number of unbranched alkanes of at least 4 members (excludes halogenated alkanes) is 12. The molecule has 0 heterocycles. The summed E-state index contributed by atoms with van der Waals surface area (Å²) < 4.78 is 0. The van der Waals surface area contributed by atoms with Gasteiger partial charge in [-0.2, -0.15) is 0 Å². The van der Waals surface area contributed by atoms with E-state index in [4.69, 9.17) is 10.2 Å². The molecule has 0 unspecified atom stereocenters. The second-order valence-corrected chi connectivity index (χ2v) is 7.23. The van der Waals surface area contributed by atoms with Crippen LogP contribution in [0.3, 0.4) is 0 Å². The molecule has 0 aromatic rings. The molecule has 2 N–H and O–H groups in total. The largest absolute Gasteiger partial charge is 0.395 e. The van der Waals surface area contributed by atoms with E-state index in [0.29, 0.717) is 13.1 Å². The van der Waals surface area contributed by atoms with Gasteiger partial charge in [-0.15, -0.1) is 12.4 Å². The second-order valence-electron chi connectivity index (χ2n) is 7.23. The zero-order valence-corrected chi connectivity index (χ0v) is 18.2. The molecule has 0 aliphatic heterocycles. The van der Waals surface area contributed by atoms with Crippen LogP contribution in [0.5, 0.6) is 0 Å². The predicted molar refractivity (Wildman–Crippen MR) is 117 cm³/mol. The van der Waals surface area contributed by atoms with Gasteiger partial charge in [0, 0.05) is 13.1 Å². The first-order chi connectivity index (χ1) is 12.3. The average Bonchev–Trinajstić information content (AvgIpc) is 2.61. The molecule has 0 radical (unpaired) electrons. The Hall–Kier alpha value is -0.0900. The highest BCUT2D eigenvalue weighted by Gasteiger charge is 2.02. The van der Waals surface area contributed by atoms with Gasteiger partial charge in [0.15, 0.2) is 0 Å². The van der Waals surface area contributed by atoms with Crippen LogP contribution in [0, 0.1) is 0 Å². The lowest BCUT2D eigenvalue weighted by atomic mass is 10.1. The van der Waals surface area contributed by atoms with Crippen molar-refractivity contribution in [3.8, 4) is 0 Å². The quantitative estimate of drug-likeness (QED) is 0.205. The van der Waals surface area contributed by atoms with Crippen molar-refractivity contribution in [3.05, 3.63) is 12.2 Å². The van der Waals surface area contributed by atoms with Crippen molar-refractivity contribution >= 4 is 12.4 Å².